The first-order valence-electron chi connectivity index (χ1n) is 5.88. The fourth-order valence-electron chi connectivity index (χ4n) is 2.10. The molecule has 2 aromatic heterocycles. The predicted molar refractivity (Wildman–Crippen MR) is 67.2 cm³/mol. The van der Waals surface area contributed by atoms with Crippen LogP contribution in [0.3, 0.4) is 0 Å². The molecule has 0 spiro atoms. The number of pyridine rings is 1. The van der Waals surface area contributed by atoms with Crippen LogP contribution in [0, 0.1) is 0 Å². The number of anilines is 1. The highest BCUT2D eigenvalue weighted by atomic mass is 16.2. The molecule has 1 amide bonds. The number of fused-ring (bicyclic) bond motifs is 1. The number of carbonyl (C=O) groups excluding carboxylic acids is 1. The fourth-order valence-corrected chi connectivity index (χ4v) is 2.10. The summed E-state index contributed by atoms with van der Waals surface area (Å²) in [5, 5.41) is 2.83. The Morgan fingerprint density at radius 3 is 3.06 bits per heavy atom. The molecule has 6 heteroatoms. The summed E-state index contributed by atoms with van der Waals surface area (Å²) in [6.45, 7) is 3.27. The van der Waals surface area contributed by atoms with Crippen molar-refractivity contribution in [3.63, 3.8) is 0 Å². The Kier molecular flexibility index (Phi) is 2.55. The van der Waals surface area contributed by atoms with Gasteiger partial charge in [-0.25, -0.2) is 9.97 Å². The highest BCUT2D eigenvalue weighted by Gasteiger charge is 2.26. The van der Waals surface area contributed by atoms with Gasteiger partial charge in [-0.05, 0) is 19.1 Å². The summed E-state index contributed by atoms with van der Waals surface area (Å²) in [6.07, 6.45) is 3.26. The van der Waals surface area contributed by atoms with Crippen LogP contribution in [0.15, 0.2) is 24.5 Å². The standard InChI is InChI=1S/C12H13N5O/c1-8-12(18)15-6-7-17(8)10-3-2-9-11(16-10)14-5-4-13-9/h2-5,8H,6-7H2,1H3,(H,15,18)/t8-/m1/s1. The molecule has 1 aliphatic rings. The van der Waals surface area contributed by atoms with Gasteiger partial charge >= 0.3 is 0 Å². The first kappa shape index (κ1) is 10.9. The van der Waals surface area contributed by atoms with Crippen LogP contribution < -0.4 is 10.2 Å². The third-order valence-electron chi connectivity index (χ3n) is 3.11. The van der Waals surface area contributed by atoms with E-state index in [4.69, 9.17) is 0 Å². The Hall–Kier alpha value is -2.24. The molecule has 3 heterocycles. The third-order valence-corrected chi connectivity index (χ3v) is 3.11. The lowest BCUT2D eigenvalue weighted by Gasteiger charge is -2.33. The Labute approximate surface area is 104 Å². The molecular formula is C12H13N5O. The molecule has 0 radical (unpaired) electrons. The minimum absolute atomic E-state index is 0.0299. The van der Waals surface area contributed by atoms with Gasteiger partial charge in [-0.3, -0.25) is 9.78 Å². The van der Waals surface area contributed by atoms with Gasteiger partial charge < -0.3 is 10.2 Å². The lowest BCUT2D eigenvalue weighted by atomic mass is 10.2. The van der Waals surface area contributed by atoms with Gasteiger partial charge in [0.05, 0.1) is 0 Å². The van der Waals surface area contributed by atoms with Gasteiger partial charge in [0.2, 0.25) is 5.91 Å². The van der Waals surface area contributed by atoms with Gasteiger partial charge in [0.15, 0.2) is 5.65 Å². The van der Waals surface area contributed by atoms with Gasteiger partial charge in [0.1, 0.15) is 17.4 Å². The average Bonchev–Trinajstić information content (AvgIpc) is 2.41. The highest BCUT2D eigenvalue weighted by Crippen LogP contribution is 2.18. The van der Waals surface area contributed by atoms with Crippen molar-refractivity contribution >= 4 is 22.9 Å². The summed E-state index contributed by atoms with van der Waals surface area (Å²) in [6, 6.07) is 3.55. The maximum absolute atomic E-state index is 11.6. The maximum atomic E-state index is 11.6. The number of amides is 1. The molecule has 1 aliphatic heterocycles. The molecule has 0 aromatic carbocycles. The predicted octanol–water partition coefficient (Wildman–Crippen LogP) is 0.349. The molecule has 0 unspecified atom stereocenters. The van der Waals surface area contributed by atoms with Crippen LogP contribution >= 0.6 is 0 Å². The molecule has 92 valence electrons. The largest absolute Gasteiger partial charge is 0.353 e. The van der Waals surface area contributed by atoms with Crippen molar-refractivity contribution in [2.75, 3.05) is 18.0 Å². The van der Waals surface area contributed by atoms with Crippen LogP contribution in [0.5, 0.6) is 0 Å². The second-order valence-corrected chi connectivity index (χ2v) is 4.23. The Bertz CT molecular complexity index is 600. The van der Waals surface area contributed by atoms with E-state index in [1.807, 2.05) is 24.0 Å². The number of hydrogen-bond donors (Lipinski definition) is 1. The molecular weight excluding hydrogens is 230 g/mol. The molecule has 0 aliphatic carbocycles. The van der Waals surface area contributed by atoms with Crippen LogP contribution in [0.25, 0.3) is 11.2 Å². The fraction of sp³-hybridized carbons (Fsp3) is 0.333. The Morgan fingerprint density at radius 1 is 1.33 bits per heavy atom. The average molecular weight is 243 g/mol. The Balaban J connectivity index is 2.00. The van der Waals surface area contributed by atoms with Gasteiger partial charge in [-0.1, -0.05) is 0 Å². The summed E-state index contributed by atoms with van der Waals surface area (Å²) < 4.78 is 0. The van der Waals surface area contributed by atoms with Crippen LogP contribution in [-0.4, -0.2) is 40.0 Å². The van der Waals surface area contributed by atoms with E-state index in [-0.39, 0.29) is 11.9 Å². The number of hydrogen-bond acceptors (Lipinski definition) is 5. The van der Waals surface area contributed by atoms with Gasteiger partial charge in [0.25, 0.3) is 0 Å². The first-order valence-corrected chi connectivity index (χ1v) is 5.88. The van der Waals surface area contributed by atoms with Crippen LogP contribution in [0.2, 0.25) is 0 Å². The zero-order chi connectivity index (χ0) is 12.5. The third kappa shape index (κ3) is 1.75. The molecule has 18 heavy (non-hydrogen) atoms. The monoisotopic (exact) mass is 243 g/mol. The topological polar surface area (TPSA) is 71.0 Å². The van der Waals surface area contributed by atoms with E-state index < -0.39 is 0 Å². The molecule has 3 rings (SSSR count). The lowest BCUT2D eigenvalue weighted by Crippen LogP contribution is -2.54. The quantitative estimate of drug-likeness (QED) is 0.782. The molecule has 2 aromatic rings. The molecule has 0 saturated carbocycles. The normalized spacial score (nSPS) is 19.9. The number of rotatable bonds is 1. The van der Waals surface area contributed by atoms with Crippen molar-refractivity contribution in [3.05, 3.63) is 24.5 Å². The van der Waals surface area contributed by atoms with Crippen molar-refractivity contribution in [1.82, 2.24) is 20.3 Å². The molecule has 1 atom stereocenters. The number of piperazine rings is 1. The van der Waals surface area contributed by atoms with E-state index in [1.54, 1.807) is 12.4 Å². The maximum Gasteiger partial charge on any atom is 0.242 e. The second-order valence-electron chi connectivity index (χ2n) is 4.23. The van der Waals surface area contributed by atoms with Crippen molar-refractivity contribution in [2.24, 2.45) is 0 Å². The number of nitrogens with one attached hydrogen (secondary N) is 1. The smallest absolute Gasteiger partial charge is 0.242 e. The number of aromatic nitrogens is 3. The Morgan fingerprint density at radius 2 is 2.17 bits per heavy atom. The minimum atomic E-state index is -0.208. The summed E-state index contributed by atoms with van der Waals surface area (Å²) in [4.78, 5) is 26.4. The summed E-state index contributed by atoms with van der Waals surface area (Å²) in [7, 11) is 0. The number of nitrogens with zero attached hydrogens (tertiary/aromatic N) is 4. The summed E-state index contributed by atoms with van der Waals surface area (Å²) in [5.74, 6) is 0.799. The van der Waals surface area contributed by atoms with E-state index in [0.29, 0.717) is 12.2 Å². The number of carbonyl (C=O) groups is 1. The van der Waals surface area contributed by atoms with Crippen molar-refractivity contribution in [3.8, 4) is 0 Å². The molecule has 1 fully saturated rings. The van der Waals surface area contributed by atoms with E-state index >= 15 is 0 Å². The van der Waals surface area contributed by atoms with Crippen LogP contribution in [0.4, 0.5) is 5.82 Å². The molecule has 1 N–H and O–H groups in total. The van der Waals surface area contributed by atoms with Crippen LogP contribution in [-0.2, 0) is 4.79 Å². The van der Waals surface area contributed by atoms with Crippen molar-refractivity contribution in [2.45, 2.75) is 13.0 Å². The highest BCUT2D eigenvalue weighted by molar-refractivity contribution is 5.86. The zero-order valence-corrected chi connectivity index (χ0v) is 10.00. The zero-order valence-electron chi connectivity index (χ0n) is 10.00. The first-order chi connectivity index (χ1) is 8.75. The lowest BCUT2D eigenvalue weighted by molar-refractivity contribution is -0.122. The minimum Gasteiger partial charge on any atom is -0.353 e. The molecule has 6 nitrogen and oxygen atoms in total. The summed E-state index contributed by atoms with van der Waals surface area (Å²) >= 11 is 0. The van der Waals surface area contributed by atoms with Gasteiger partial charge in [0, 0.05) is 25.5 Å². The van der Waals surface area contributed by atoms with Crippen molar-refractivity contribution < 1.29 is 4.79 Å². The van der Waals surface area contributed by atoms with Gasteiger partial charge in [-0.2, -0.15) is 0 Å². The molecule has 1 saturated heterocycles. The summed E-state index contributed by atoms with van der Waals surface area (Å²) in [5.41, 5.74) is 1.36. The van der Waals surface area contributed by atoms with E-state index in [1.165, 1.54) is 0 Å². The second kappa shape index (κ2) is 4.21. The SMILES string of the molecule is C[C@@H]1C(=O)NCCN1c1ccc2nccnc2n1. The molecule has 0 bridgehead atoms. The van der Waals surface area contributed by atoms with Crippen molar-refractivity contribution in [1.29, 1.82) is 0 Å². The van der Waals surface area contributed by atoms with Crippen LogP contribution in [0.1, 0.15) is 6.92 Å². The van der Waals surface area contributed by atoms with E-state index in [2.05, 4.69) is 20.3 Å². The van der Waals surface area contributed by atoms with E-state index in [9.17, 15) is 4.79 Å². The van der Waals surface area contributed by atoms with E-state index in [0.717, 1.165) is 17.9 Å². The van der Waals surface area contributed by atoms with Gasteiger partial charge in [-0.15, -0.1) is 0 Å².